The molecule has 1 N–H and O–H groups in total. The van der Waals surface area contributed by atoms with Gasteiger partial charge in [-0.1, -0.05) is 36.4 Å². The number of hydrogen-bond donors (Lipinski definition) is 1. The highest BCUT2D eigenvalue weighted by Gasteiger charge is 2.06. The average Bonchev–Trinajstić information content (AvgIpc) is 2.52. The molecule has 4 nitrogen and oxygen atoms in total. The van der Waals surface area contributed by atoms with Crippen molar-refractivity contribution in [1.29, 1.82) is 0 Å². The van der Waals surface area contributed by atoms with Crippen molar-refractivity contribution in [3.8, 4) is 0 Å². The Hall–Kier alpha value is -1.65. The zero-order valence-electron chi connectivity index (χ0n) is 13.5. The van der Waals surface area contributed by atoms with E-state index in [1.54, 1.807) is 13.8 Å². The minimum Gasteiger partial charge on any atom is -0.463 e. The van der Waals surface area contributed by atoms with Crippen LogP contribution in [0, 0.1) is 0 Å². The highest BCUT2D eigenvalue weighted by atomic mass is 16.5. The number of carbonyl (C=O) groups is 1. The van der Waals surface area contributed by atoms with Crippen LogP contribution in [0.1, 0.15) is 38.7 Å². The minimum absolute atomic E-state index is 0.289. The third-order valence-corrected chi connectivity index (χ3v) is 3.25. The Morgan fingerprint density at radius 2 is 2.00 bits per heavy atom. The van der Waals surface area contributed by atoms with Gasteiger partial charge in [-0.15, -0.1) is 0 Å². The number of allylic oxidation sites excluding steroid dienone is 1. The third kappa shape index (κ3) is 7.96. The van der Waals surface area contributed by atoms with E-state index in [-0.39, 0.29) is 5.97 Å². The Labute approximate surface area is 132 Å². The fourth-order valence-corrected chi connectivity index (χ4v) is 1.95. The summed E-state index contributed by atoms with van der Waals surface area (Å²) in [6.07, 6.45) is 3.27. The predicted octanol–water partition coefficient (Wildman–Crippen LogP) is 3.24. The number of benzene rings is 1. The molecule has 1 aromatic carbocycles. The number of rotatable bonds is 10. The zero-order chi connectivity index (χ0) is 16.2. The van der Waals surface area contributed by atoms with Crippen molar-refractivity contribution >= 4 is 5.97 Å². The van der Waals surface area contributed by atoms with Crippen LogP contribution >= 0.6 is 0 Å². The molecule has 0 saturated carbocycles. The molecule has 1 atom stereocenters. The van der Waals surface area contributed by atoms with E-state index < -0.39 is 6.10 Å². The fraction of sp³-hybridized carbons (Fsp3) is 0.500. The Morgan fingerprint density at radius 3 is 2.68 bits per heavy atom. The van der Waals surface area contributed by atoms with Gasteiger partial charge in [-0.25, -0.2) is 4.79 Å². The van der Waals surface area contributed by atoms with Crippen molar-refractivity contribution in [3.63, 3.8) is 0 Å². The van der Waals surface area contributed by atoms with Crippen LogP contribution in [-0.4, -0.2) is 30.4 Å². The first kappa shape index (κ1) is 18.4. The minimum atomic E-state index is -0.415. The summed E-state index contributed by atoms with van der Waals surface area (Å²) in [4.78, 5) is 11.4. The number of carbonyl (C=O) groups excluding carboxylic acids is 1. The lowest BCUT2D eigenvalue weighted by Gasteiger charge is -2.10. The van der Waals surface area contributed by atoms with E-state index in [4.69, 9.17) is 9.47 Å². The predicted molar refractivity (Wildman–Crippen MR) is 86.3 cm³/mol. The standard InChI is InChI=1S/C18H26O4/c1-3-22-18(20)15(2)8-7-11-17(19)12-13-21-14-16-9-5-4-6-10-16/h4-6,8-10,17,19H,3,7,11-14H2,1-2H3/b15-8-/t17-/m1/s1. The number of esters is 1. The van der Waals surface area contributed by atoms with Gasteiger partial charge in [0.15, 0.2) is 0 Å². The maximum atomic E-state index is 11.4. The summed E-state index contributed by atoms with van der Waals surface area (Å²) in [7, 11) is 0. The van der Waals surface area contributed by atoms with E-state index in [9.17, 15) is 9.90 Å². The van der Waals surface area contributed by atoms with Crippen LogP contribution in [0.25, 0.3) is 0 Å². The van der Waals surface area contributed by atoms with Crippen LogP contribution in [0.5, 0.6) is 0 Å². The molecule has 0 heterocycles. The van der Waals surface area contributed by atoms with Crippen molar-refractivity contribution in [1.82, 2.24) is 0 Å². The summed E-state index contributed by atoms with van der Waals surface area (Å²) in [5.74, 6) is -0.289. The quantitative estimate of drug-likeness (QED) is 0.409. The molecule has 1 rings (SSSR count). The van der Waals surface area contributed by atoms with Crippen molar-refractivity contribution < 1.29 is 19.4 Å². The van der Waals surface area contributed by atoms with Crippen LogP contribution in [-0.2, 0) is 20.9 Å². The molecule has 122 valence electrons. The average molecular weight is 306 g/mol. The van der Waals surface area contributed by atoms with Gasteiger partial charge in [0.05, 0.1) is 19.3 Å². The monoisotopic (exact) mass is 306 g/mol. The second-order valence-corrected chi connectivity index (χ2v) is 5.17. The Balaban J connectivity index is 2.12. The molecule has 0 amide bonds. The summed E-state index contributed by atoms with van der Waals surface area (Å²) in [6, 6.07) is 9.95. The summed E-state index contributed by atoms with van der Waals surface area (Å²) in [5.41, 5.74) is 1.72. The van der Waals surface area contributed by atoms with Gasteiger partial charge < -0.3 is 14.6 Å². The molecule has 0 aliphatic heterocycles. The maximum Gasteiger partial charge on any atom is 0.333 e. The summed E-state index contributed by atoms with van der Waals surface area (Å²) < 4.78 is 10.4. The molecule has 0 aromatic heterocycles. The van der Waals surface area contributed by atoms with Crippen molar-refractivity contribution in [2.45, 2.75) is 45.8 Å². The van der Waals surface area contributed by atoms with Gasteiger partial charge in [0.1, 0.15) is 0 Å². The van der Waals surface area contributed by atoms with E-state index in [0.717, 1.165) is 5.56 Å². The summed E-state index contributed by atoms with van der Waals surface area (Å²) in [6.45, 7) is 4.98. The first-order valence-electron chi connectivity index (χ1n) is 7.77. The Bertz CT molecular complexity index is 453. The van der Waals surface area contributed by atoms with Crippen LogP contribution in [0.2, 0.25) is 0 Å². The van der Waals surface area contributed by atoms with Crippen molar-refractivity contribution in [2.75, 3.05) is 13.2 Å². The van der Waals surface area contributed by atoms with Crippen molar-refractivity contribution in [2.24, 2.45) is 0 Å². The van der Waals surface area contributed by atoms with Crippen molar-refractivity contribution in [3.05, 3.63) is 47.5 Å². The number of hydrogen-bond acceptors (Lipinski definition) is 4. The lowest BCUT2D eigenvalue weighted by molar-refractivity contribution is -0.138. The van der Waals surface area contributed by atoms with E-state index in [1.165, 1.54) is 0 Å². The van der Waals surface area contributed by atoms with E-state index in [1.807, 2.05) is 36.4 Å². The Kier molecular flexibility index (Phi) is 9.19. The molecule has 0 unspecified atom stereocenters. The third-order valence-electron chi connectivity index (χ3n) is 3.25. The maximum absolute atomic E-state index is 11.4. The highest BCUT2D eigenvalue weighted by Crippen LogP contribution is 2.07. The summed E-state index contributed by atoms with van der Waals surface area (Å²) in [5, 5.41) is 9.88. The van der Waals surface area contributed by atoms with Gasteiger partial charge in [-0.3, -0.25) is 0 Å². The second kappa shape index (κ2) is 11.0. The smallest absolute Gasteiger partial charge is 0.333 e. The lowest BCUT2D eigenvalue weighted by atomic mass is 10.1. The van der Waals surface area contributed by atoms with Crippen LogP contribution in [0.3, 0.4) is 0 Å². The van der Waals surface area contributed by atoms with E-state index in [0.29, 0.717) is 44.7 Å². The highest BCUT2D eigenvalue weighted by molar-refractivity contribution is 5.87. The second-order valence-electron chi connectivity index (χ2n) is 5.17. The molecule has 22 heavy (non-hydrogen) atoms. The SMILES string of the molecule is CCOC(=O)/C(C)=C\CC[C@@H](O)CCOCc1ccccc1. The van der Waals surface area contributed by atoms with E-state index in [2.05, 4.69) is 0 Å². The van der Waals surface area contributed by atoms with Crippen LogP contribution in [0.4, 0.5) is 0 Å². The van der Waals surface area contributed by atoms with Gasteiger partial charge in [0, 0.05) is 12.2 Å². The normalized spacial score (nSPS) is 13.0. The van der Waals surface area contributed by atoms with Gasteiger partial charge in [-0.05, 0) is 38.7 Å². The van der Waals surface area contributed by atoms with Crippen LogP contribution < -0.4 is 0 Å². The lowest BCUT2D eigenvalue weighted by Crippen LogP contribution is -2.10. The molecule has 0 saturated heterocycles. The first-order valence-corrected chi connectivity index (χ1v) is 7.77. The topological polar surface area (TPSA) is 55.8 Å². The molecule has 1 aromatic rings. The first-order chi connectivity index (χ1) is 10.6. The van der Waals surface area contributed by atoms with Gasteiger partial charge in [-0.2, -0.15) is 0 Å². The molecule has 4 heteroatoms. The molecular weight excluding hydrogens is 280 g/mol. The molecule has 0 spiro atoms. The Morgan fingerprint density at radius 1 is 1.27 bits per heavy atom. The van der Waals surface area contributed by atoms with E-state index >= 15 is 0 Å². The number of aliphatic hydroxyl groups is 1. The molecule has 0 fully saturated rings. The van der Waals surface area contributed by atoms with Gasteiger partial charge in [0.25, 0.3) is 0 Å². The zero-order valence-corrected chi connectivity index (χ0v) is 13.5. The summed E-state index contributed by atoms with van der Waals surface area (Å²) >= 11 is 0. The molecule has 0 radical (unpaired) electrons. The van der Waals surface area contributed by atoms with Gasteiger partial charge >= 0.3 is 5.97 Å². The molecule has 0 aliphatic rings. The largest absolute Gasteiger partial charge is 0.463 e. The van der Waals surface area contributed by atoms with Crippen LogP contribution in [0.15, 0.2) is 42.0 Å². The molecule has 0 bridgehead atoms. The molecule has 0 aliphatic carbocycles. The van der Waals surface area contributed by atoms with Gasteiger partial charge in [0.2, 0.25) is 0 Å². The number of aliphatic hydroxyl groups excluding tert-OH is 1. The molecular formula is C18H26O4. The fourth-order valence-electron chi connectivity index (χ4n) is 1.95. The number of ether oxygens (including phenoxy) is 2.